The highest BCUT2D eigenvalue weighted by Gasteiger charge is 2.19. The highest BCUT2D eigenvalue weighted by Crippen LogP contribution is 2.28. The van der Waals surface area contributed by atoms with Gasteiger partial charge in [0.2, 0.25) is 0 Å². The largest absolute Gasteiger partial charge is 0.495 e. The second kappa shape index (κ2) is 9.96. The number of Topliss-reactive ketones (excluding diaryl/α,β-unsaturated/α-hetero) is 1. The van der Waals surface area contributed by atoms with Crippen LogP contribution < -0.4 is 4.74 Å². The Kier molecular flexibility index (Phi) is 6.83. The summed E-state index contributed by atoms with van der Waals surface area (Å²) >= 11 is 1.32. The average Bonchev–Trinajstić information content (AvgIpc) is 3.45. The fourth-order valence-corrected chi connectivity index (χ4v) is 4.64. The van der Waals surface area contributed by atoms with Gasteiger partial charge in [0, 0.05) is 22.6 Å². The van der Waals surface area contributed by atoms with Crippen molar-refractivity contribution in [1.82, 2.24) is 19.3 Å². The molecule has 4 rings (SSSR count). The van der Waals surface area contributed by atoms with E-state index in [1.165, 1.54) is 18.9 Å². The van der Waals surface area contributed by atoms with Crippen LogP contribution in [0.1, 0.15) is 32.1 Å². The number of rotatable bonds is 8. The first kappa shape index (κ1) is 23.3. The molecule has 2 aromatic heterocycles. The Hall–Kier alpha value is -3.85. The first-order valence-electron chi connectivity index (χ1n) is 10.5. The lowest BCUT2D eigenvalue weighted by atomic mass is 10.2. The summed E-state index contributed by atoms with van der Waals surface area (Å²) in [6, 6.07) is 16.6. The molecule has 2 aromatic carbocycles. The molecule has 2 heterocycles. The smallest absolute Gasteiger partial charge is 0.337 e. The number of hydrogen-bond acceptors (Lipinski definition) is 7. The maximum atomic E-state index is 13.1. The van der Waals surface area contributed by atoms with E-state index in [2.05, 4.69) is 10.2 Å². The molecule has 0 spiro atoms. The van der Waals surface area contributed by atoms with Crippen molar-refractivity contribution in [3.8, 4) is 17.1 Å². The van der Waals surface area contributed by atoms with Gasteiger partial charge in [-0.1, -0.05) is 23.9 Å². The summed E-state index contributed by atoms with van der Waals surface area (Å²) in [7, 11) is 2.96. The molecule has 0 bridgehead atoms. The lowest BCUT2D eigenvalue weighted by Crippen LogP contribution is -2.07. The number of methoxy groups -OCH3 is 2. The van der Waals surface area contributed by atoms with Crippen LogP contribution in [0.15, 0.2) is 66.1 Å². The normalized spacial score (nSPS) is 10.8. The maximum Gasteiger partial charge on any atom is 0.337 e. The topological polar surface area (TPSA) is 88.2 Å². The molecular formula is C25H24N4O4S. The third-order valence-electron chi connectivity index (χ3n) is 5.47. The van der Waals surface area contributed by atoms with Crippen molar-refractivity contribution in [2.45, 2.75) is 19.0 Å². The van der Waals surface area contributed by atoms with Crippen molar-refractivity contribution in [3.63, 3.8) is 0 Å². The third kappa shape index (κ3) is 4.47. The summed E-state index contributed by atoms with van der Waals surface area (Å²) in [4.78, 5) is 24.8. The van der Waals surface area contributed by atoms with Crippen molar-refractivity contribution >= 4 is 23.5 Å². The van der Waals surface area contributed by atoms with Gasteiger partial charge < -0.3 is 14.0 Å². The molecule has 8 nitrogen and oxygen atoms in total. The molecule has 0 saturated heterocycles. The second-order valence-electron chi connectivity index (χ2n) is 7.53. The Morgan fingerprint density at radius 3 is 2.47 bits per heavy atom. The molecule has 0 atom stereocenters. The molecule has 4 aromatic rings. The van der Waals surface area contributed by atoms with Gasteiger partial charge in [-0.2, -0.15) is 0 Å². The van der Waals surface area contributed by atoms with Crippen molar-refractivity contribution in [2.24, 2.45) is 0 Å². The molecule has 0 aliphatic carbocycles. The number of para-hydroxylation sites is 2. The second-order valence-corrected chi connectivity index (χ2v) is 8.47. The minimum Gasteiger partial charge on any atom is -0.495 e. The summed E-state index contributed by atoms with van der Waals surface area (Å²) in [6.45, 7) is 3.86. The van der Waals surface area contributed by atoms with Crippen molar-refractivity contribution < 1.29 is 19.1 Å². The van der Waals surface area contributed by atoms with Gasteiger partial charge in [0.1, 0.15) is 12.1 Å². The van der Waals surface area contributed by atoms with E-state index in [1.807, 2.05) is 65.4 Å². The summed E-state index contributed by atoms with van der Waals surface area (Å²) in [5.74, 6) is 0.503. The monoisotopic (exact) mass is 476 g/mol. The van der Waals surface area contributed by atoms with Crippen LogP contribution >= 0.6 is 11.8 Å². The van der Waals surface area contributed by atoms with Gasteiger partial charge in [0.25, 0.3) is 0 Å². The van der Waals surface area contributed by atoms with Gasteiger partial charge in [-0.15, -0.1) is 10.2 Å². The van der Waals surface area contributed by atoms with E-state index in [4.69, 9.17) is 9.47 Å². The van der Waals surface area contributed by atoms with E-state index in [1.54, 1.807) is 25.6 Å². The average molecular weight is 477 g/mol. The van der Waals surface area contributed by atoms with E-state index in [9.17, 15) is 9.59 Å². The molecule has 0 unspecified atom stereocenters. The number of ketones is 1. The van der Waals surface area contributed by atoms with Gasteiger partial charge in [0.05, 0.1) is 31.2 Å². The van der Waals surface area contributed by atoms with E-state index < -0.39 is 0 Å². The number of benzene rings is 2. The molecule has 34 heavy (non-hydrogen) atoms. The van der Waals surface area contributed by atoms with Crippen LogP contribution in [0.4, 0.5) is 0 Å². The number of hydrogen-bond donors (Lipinski definition) is 0. The number of esters is 1. The predicted molar refractivity (Wildman–Crippen MR) is 130 cm³/mol. The Bertz CT molecular complexity index is 1340. The first-order chi connectivity index (χ1) is 16.4. The fraction of sp³-hybridized carbons (Fsp3) is 0.200. The van der Waals surface area contributed by atoms with Gasteiger partial charge in [-0.05, 0) is 56.3 Å². The Morgan fingerprint density at radius 2 is 1.76 bits per heavy atom. The van der Waals surface area contributed by atoms with Crippen molar-refractivity contribution in [3.05, 3.63) is 83.4 Å². The molecular weight excluding hydrogens is 452 g/mol. The van der Waals surface area contributed by atoms with Gasteiger partial charge in [-0.3, -0.25) is 9.36 Å². The van der Waals surface area contributed by atoms with Crippen LogP contribution in [-0.2, 0) is 4.74 Å². The number of aryl methyl sites for hydroxylation is 1. The minimum atomic E-state index is -0.388. The van der Waals surface area contributed by atoms with Crippen molar-refractivity contribution in [2.75, 3.05) is 20.0 Å². The van der Waals surface area contributed by atoms with Crippen LogP contribution in [0.25, 0.3) is 11.4 Å². The van der Waals surface area contributed by atoms with E-state index in [0.29, 0.717) is 22.0 Å². The van der Waals surface area contributed by atoms with Gasteiger partial charge in [-0.25, -0.2) is 4.79 Å². The zero-order chi connectivity index (χ0) is 24.2. The summed E-state index contributed by atoms with van der Waals surface area (Å²) in [6.07, 6.45) is 1.61. The number of carbonyl (C=O) groups is 2. The molecule has 0 N–H and O–H groups in total. The quantitative estimate of drug-likeness (QED) is 0.211. The van der Waals surface area contributed by atoms with Crippen LogP contribution in [0.3, 0.4) is 0 Å². The lowest BCUT2D eigenvalue weighted by Gasteiger charge is -2.11. The molecule has 0 saturated carbocycles. The van der Waals surface area contributed by atoms with Gasteiger partial charge >= 0.3 is 5.97 Å². The van der Waals surface area contributed by atoms with Crippen LogP contribution in [0.5, 0.6) is 5.75 Å². The van der Waals surface area contributed by atoms with E-state index >= 15 is 0 Å². The Balaban J connectivity index is 1.54. The zero-order valence-corrected chi connectivity index (χ0v) is 20.1. The number of ether oxygens (including phenoxy) is 2. The van der Waals surface area contributed by atoms with Crippen molar-refractivity contribution in [1.29, 1.82) is 0 Å². The molecule has 9 heteroatoms. The number of aromatic nitrogens is 4. The SMILES string of the molecule is COC(=O)c1ccc(-n2c(C)cc(C(=O)CSc3nncn3-c3ccccc3OC)c2C)cc1. The standard InChI is InChI=1S/C25H24N4O4S/c1-16-13-20(17(2)29(16)19-11-9-18(10-12-19)24(31)33-4)22(30)14-34-25-27-26-15-28(25)21-7-5-6-8-23(21)32-3/h5-13,15H,14H2,1-4H3. The summed E-state index contributed by atoms with van der Waals surface area (Å²) in [5.41, 5.74) is 4.55. The zero-order valence-electron chi connectivity index (χ0n) is 19.3. The fourth-order valence-electron chi connectivity index (χ4n) is 3.83. The Labute approximate surface area is 201 Å². The number of nitrogens with zero attached hydrogens (tertiary/aromatic N) is 4. The molecule has 0 aliphatic heterocycles. The number of thioether (sulfide) groups is 1. The van der Waals surface area contributed by atoms with Crippen LogP contribution in [0, 0.1) is 13.8 Å². The molecule has 174 valence electrons. The molecule has 0 radical (unpaired) electrons. The third-order valence-corrected chi connectivity index (χ3v) is 6.41. The van der Waals surface area contributed by atoms with Crippen LogP contribution in [0.2, 0.25) is 0 Å². The van der Waals surface area contributed by atoms with Crippen LogP contribution in [-0.4, -0.2) is 51.1 Å². The molecule has 0 aliphatic rings. The predicted octanol–water partition coefficient (Wildman–Crippen LogP) is 4.45. The van der Waals surface area contributed by atoms with Gasteiger partial charge in [0.15, 0.2) is 10.9 Å². The summed E-state index contributed by atoms with van der Waals surface area (Å²) < 4.78 is 14.0. The molecule has 0 amide bonds. The highest BCUT2D eigenvalue weighted by molar-refractivity contribution is 7.99. The molecule has 0 fully saturated rings. The Morgan fingerprint density at radius 1 is 1.03 bits per heavy atom. The summed E-state index contributed by atoms with van der Waals surface area (Å²) in [5, 5.41) is 8.80. The minimum absolute atomic E-state index is 0.00916. The lowest BCUT2D eigenvalue weighted by molar-refractivity contribution is 0.0600. The van der Waals surface area contributed by atoms with E-state index in [-0.39, 0.29) is 17.5 Å². The maximum absolute atomic E-state index is 13.1. The van der Waals surface area contributed by atoms with E-state index in [0.717, 1.165) is 22.8 Å². The highest BCUT2D eigenvalue weighted by atomic mass is 32.2. The number of carbonyl (C=O) groups excluding carboxylic acids is 2. The first-order valence-corrected chi connectivity index (χ1v) is 11.5.